The molecule has 0 aliphatic rings. The number of pyridine rings is 1. The van der Waals surface area contributed by atoms with Crippen molar-refractivity contribution in [2.45, 2.75) is 19.5 Å². The largest absolute Gasteiger partial charge is 0.424 e. The van der Waals surface area contributed by atoms with Gasteiger partial charge in [0.1, 0.15) is 5.56 Å². The molecule has 0 amide bonds. The number of nitrogens with zero attached hydrogens (tertiary/aromatic N) is 1. The first-order valence-electron chi connectivity index (χ1n) is 4.17. The van der Waals surface area contributed by atoms with E-state index >= 15 is 0 Å². The summed E-state index contributed by atoms with van der Waals surface area (Å²) in [6.45, 7) is 1.49. The summed E-state index contributed by atoms with van der Waals surface area (Å²) >= 11 is 0. The van der Waals surface area contributed by atoms with Crippen LogP contribution >= 0.6 is 0 Å². The van der Waals surface area contributed by atoms with Crippen molar-refractivity contribution in [3.05, 3.63) is 24.0 Å². The van der Waals surface area contributed by atoms with Gasteiger partial charge in [-0.15, -0.1) is 0 Å². The maximum Gasteiger partial charge on any atom is 0.420 e. The predicted molar refractivity (Wildman–Crippen MR) is 45.2 cm³/mol. The molecule has 6 heteroatoms. The van der Waals surface area contributed by atoms with Crippen LogP contribution in [0.25, 0.3) is 0 Å². The van der Waals surface area contributed by atoms with Gasteiger partial charge in [0.2, 0.25) is 0 Å². The van der Waals surface area contributed by atoms with Gasteiger partial charge in [-0.1, -0.05) is 6.92 Å². The lowest BCUT2D eigenvalue weighted by atomic mass is 10.2. The van der Waals surface area contributed by atoms with E-state index in [9.17, 15) is 18.0 Å². The van der Waals surface area contributed by atoms with Gasteiger partial charge in [-0.3, -0.25) is 9.78 Å². The van der Waals surface area contributed by atoms with Crippen LogP contribution in [0.4, 0.5) is 13.2 Å². The zero-order valence-electron chi connectivity index (χ0n) is 7.84. The first kappa shape index (κ1) is 11.5. The molecule has 0 aliphatic carbocycles. The second kappa shape index (κ2) is 4.29. The Morgan fingerprint density at radius 3 is 2.73 bits per heavy atom. The van der Waals surface area contributed by atoms with Crippen molar-refractivity contribution in [1.82, 2.24) is 4.98 Å². The van der Waals surface area contributed by atoms with E-state index < -0.39 is 23.5 Å². The lowest BCUT2D eigenvalue weighted by molar-refractivity contribution is -0.142. The number of carbonyl (C=O) groups excluding carboxylic acids is 1. The molecule has 0 aliphatic heterocycles. The molecule has 82 valence electrons. The van der Waals surface area contributed by atoms with E-state index in [0.717, 1.165) is 18.5 Å². The van der Waals surface area contributed by atoms with E-state index in [1.807, 2.05) is 0 Å². The molecule has 0 spiro atoms. The van der Waals surface area contributed by atoms with Crippen molar-refractivity contribution >= 4 is 5.97 Å². The van der Waals surface area contributed by atoms with E-state index in [1.165, 1.54) is 6.92 Å². The molecule has 1 heterocycles. The molecular formula is C9H8F3NO2. The minimum Gasteiger partial charge on any atom is -0.424 e. The Balaban J connectivity index is 3.02. The molecule has 0 unspecified atom stereocenters. The molecule has 1 aromatic heterocycles. The summed E-state index contributed by atoms with van der Waals surface area (Å²) in [4.78, 5) is 14.3. The van der Waals surface area contributed by atoms with Crippen LogP contribution in [0.1, 0.15) is 18.9 Å². The summed E-state index contributed by atoms with van der Waals surface area (Å²) in [5, 5.41) is 0. The SMILES string of the molecule is CCC(=O)Oc1cnccc1C(F)(F)F. The average molecular weight is 219 g/mol. The molecule has 1 rings (SSSR count). The zero-order chi connectivity index (χ0) is 11.5. The number of esters is 1. The topological polar surface area (TPSA) is 39.2 Å². The van der Waals surface area contributed by atoms with E-state index in [4.69, 9.17) is 0 Å². The predicted octanol–water partition coefficient (Wildman–Crippen LogP) is 2.42. The van der Waals surface area contributed by atoms with Gasteiger partial charge >= 0.3 is 12.1 Å². The van der Waals surface area contributed by atoms with E-state index in [0.29, 0.717) is 0 Å². The lowest BCUT2D eigenvalue weighted by Crippen LogP contribution is -2.12. The van der Waals surface area contributed by atoms with Gasteiger partial charge in [0.15, 0.2) is 5.75 Å². The van der Waals surface area contributed by atoms with Gasteiger partial charge in [-0.2, -0.15) is 13.2 Å². The normalized spacial score (nSPS) is 11.2. The summed E-state index contributed by atoms with van der Waals surface area (Å²) in [6, 6.07) is 0.762. The van der Waals surface area contributed by atoms with Crippen molar-refractivity contribution < 1.29 is 22.7 Å². The maximum absolute atomic E-state index is 12.4. The number of carbonyl (C=O) groups is 1. The fourth-order valence-electron chi connectivity index (χ4n) is 0.890. The Kier molecular flexibility index (Phi) is 3.28. The average Bonchev–Trinajstić information content (AvgIpc) is 2.17. The molecule has 1 aromatic rings. The highest BCUT2D eigenvalue weighted by Crippen LogP contribution is 2.35. The molecular weight excluding hydrogens is 211 g/mol. The van der Waals surface area contributed by atoms with Crippen molar-refractivity contribution in [2.24, 2.45) is 0 Å². The van der Waals surface area contributed by atoms with E-state index in [2.05, 4.69) is 9.72 Å². The molecule has 0 saturated carbocycles. The molecule has 0 fully saturated rings. The summed E-state index contributed by atoms with van der Waals surface area (Å²) in [5.74, 6) is -1.29. The molecule has 0 aromatic carbocycles. The van der Waals surface area contributed by atoms with Crippen LogP contribution in [0.15, 0.2) is 18.5 Å². The summed E-state index contributed by atoms with van der Waals surface area (Å²) in [5.41, 5.74) is -1.00. The number of alkyl halides is 3. The van der Waals surface area contributed by atoms with Gasteiger partial charge < -0.3 is 4.74 Å². The minimum absolute atomic E-state index is 0.00614. The Labute approximate surface area is 83.9 Å². The van der Waals surface area contributed by atoms with Crippen molar-refractivity contribution in [3.8, 4) is 5.75 Å². The Hall–Kier alpha value is -1.59. The van der Waals surface area contributed by atoms with Gasteiger partial charge in [0, 0.05) is 12.6 Å². The number of hydrogen-bond acceptors (Lipinski definition) is 3. The van der Waals surface area contributed by atoms with Crippen LogP contribution in [-0.4, -0.2) is 11.0 Å². The Bertz CT molecular complexity index is 363. The third kappa shape index (κ3) is 2.93. The van der Waals surface area contributed by atoms with Crippen LogP contribution in [0.2, 0.25) is 0 Å². The second-order valence-corrected chi connectivity index (χ2v) is 2.70. The molecule has 0 saturated heterocycles. The number of hydrogen-bond donors (Lipinski definition) is 0. The summed E-state index contributed by atoms with van der Waals surface area (Å²) in [6.07, 6.45) is -2.68. The van der Waals surface area contributed by atoms with Gasteiger partial charge in [-0.25, -0.2) is 0 Å². The Morgan fingerprint density at radius 1 is 1.53 bits per heavy atom. The van der Waals surface area contributed by atoms with Crippen LogP contribution in [0.5, 0.6) is 5.75 Å². The van der Waals surface area contributed by atoms with Crippen LogP contribution in [0.3, 0.4) is 0 Å². The van der Waals surface area contributed by atoms with Crippen molar-refractivity contribution in [2.75, 3.05) is 0 Å². The lowest BCUT2D eigenvalue weighted by Gasteiger charge is -2.11. The minimum atomic E-state index is -4.55. The fraction of sp³-hybridized carbons (Fsp3) is 0.333. The molecule has 3 nitrogen and oxygen atoms in total. The van der Waals surface area contributed by atoms with Crippen LogP contribution in [-0.2, 0) is 11.0 Å². The van der Waals surface area contributed by atoms with Crippen molar-refractivity contribution in [1.29, 1.82) is 0 Å². The van der Waals surface area contributed by atoms with Gasteiger partial charge in [-0.05, 0) is 6.07 Å². The second-order valence-electron chi connectivity index (χ2n) is 2.70. The molecule has 0 bridgehead atoms. The van der Waals surface area contributed by atoms with Crippen LogP contribution < -0.4 is 4.74 Å². The smallest absolute Gasteiger partial charge is 0.420 e. The number of halogens is 3. The molecule has 15 heavy (non-hydrogen) atoms. The number of rotatable bonds is 2. The van der Waals surface area contributed by atoms with Crippen molar-refractivity contribution in [3.63, 3.8) is 0 Å². The number of aromatic nitrogens is 1. The third-order valence-electron chi connectivity index (χ3n) is 1.60. The third-order valence-corrected chi connectivity index (χ3v) is 1.60. The monoisotopic (exact) mass is 219 g/mol. The standard InChI is InChI=1S/C9H8F3NO2/c1-2-8(14)15-7-5-13-4-3-6(7)9(10,11)12/h3-5H,2H2,1H3. The Morgan fingerprint density at radius 2 is 2.20 bits per heavy atom. The van der Waals surface area contributed by atoms with Gasteiger partial charge in [0.25, 0.3) is 0 Å². The molecule has 0 N–H and O–H groups in total. The van der Waals surface area contributed by atoms with E-state index in [-0.39, 0.29) is 6.42 Å². The quantitative estimate of drug-likeness (QED) is 0.717. The first-order valence-corrected chi connectivity index (χ1v) is 4.17. The molecule has 0 atom stereocenters. The highest BCUT2D eigenvalue weighted by Gasteiger charge is 2.34. The van der Waals surface area contributed by atoms with Gasteiger partial charge in [0.05, 0.1) is 6.20 Å². The fourth-order valence-corrected chi connectivity index (χ4v) is 0.890. The van der Waals surface area contributed by atoms with Crippen LogP contribution in [0, 0.1) is 0 Å². The highest BCUT2D eigenvalue weighted by molar-refractivity contribution is 5.72. The zero-order valence-corrected chi connectivity index (χ0v) is 7.84. The maximum atomic E-state index is 12.4. The summed E-state index contributed by atoms with van der Waals surface area (Å²) in [7, 11) is 0. The van der Waals surface area contributed by atoms with E-state index in [1.54, 1.807) is 0 Å². The highest BCUT2D eigenvalue weighted by atomic mass is 19.4. The first-order chi connectivity index (χ1) is 6.95. The number of ether oxygens (including phenoxy) is 1. The molecule has 0 radical (unpaired) electrons. The summed E-state index contributed by atoms with van der Waals surface area (Å²) < 4.78 is 41.7.